The lowest BCUT2D eigenvalue weighted by Crippen LogP contribution is -2.48. The van der Waals surface area contributed by atoms with Crippen LogP contribution < -0.4 is 5.32 Å². The monoisotopic (exact) mass is 329 g/mol. The standard InChI is InChI=1S/C19H27N3O2/c23-18(21-12-6-1-2-7-13-21)16-9-8-14-22(15-16)19(24)20-17-10-4-3-5-11-17/h3-5,10-11,16H,1-2,6-9,12-15H2,(H,20,24). The Morgan fingerprint density at radius 1 is 0.875 bits per heavy atom. The topological polar surface area (TPSA) is 52.7 Å². The number of hydrogen-bond donors (Lipinski definition) is 1. The van der Waals surface area contributed by atoms with Gasteiger partial charge in [-0.2, -0.15) is 0 Å². The van der Waals surface area contributed by atoms with Crippen molar-refractivity contribution in [2.24, 2.45) is 5.92 Å². The zero-order valence-electron chi connectivity index (χ0n) is 14.2. The van der Waals surface area contributed by atoms with Crippen molar-refractivity contribution in [1.29, 1.82) is 0 Å². The summed E-state index contributed by atoms with van der Waals surface area (Å²) in [6.45, 7) is 3.02. The van der Waals surface area contributed by atoms with Crippen molar-refractivity contribution in [3.8, 4) is 0 Å². The van der Waals surface area contributed by atoms with Crippen LogP contribution in [0.15, 0.2) is 30.3 Å². The van der Waals surface area contributed by atoms with Gasteiger partial charge in [-0.25, -0.2) is 4.79 Å². The molecule has 2 fully saturated rings. The fraction of sp³-hybridized carbons (Fsp3) is 0.579. The van der Waals surface area contributed by atoms with E-state index in [0.29, 0.717) is 6.54 Å². The van der Waals surface area contributed by atoms with E-state index in [9.17, 15) is 9.59 Å². The second kappa shape index (κ2) is 8.18. The number of carbonyl (C=O) groups excluding carboxylic acids is 2. The SMILES string of the molecule is O=C(Nc1ccccc1)N1CCCC(C(=O)N2CCCCCC2)C1. The average molecular weight is 329 g/mol. The summed E-state index contributed by atoms with van der Waals surface area (Å²) in [6, 6.07) is 9.37. The molecule has 0 aliphatic carbocycles. The first-order chi connectivity index (χ1) is 11.7. The third-order valence-corrected chi connectivity index (χ3v) is 5.00. The van der Waals surface area contributed by atoms with Crippen LogP contribution in [0.2, 0.25) is 0 Å². The number of para-hydroxylation sites is 1. The summed E-state index contributed by atoms with van der Waals surface area (Å²) in [4.78, 5) is 29.1. The van der Waals surface area contributed by atoms with Crippen LogP contribution in [-0.2, 0) is 4.79 Å². The number of anilines is 1. The zero-order valence-corrected chi connectivity index (χ0v) is 14.2. The molecule has 0 saturated carbocycles. The van der Waals surface area contributed by atoms with Gasteiger partial charge in [-0.1, -0.05) is 31.0 Å². The van der Waals surface area contributed by atoms with Crippen molar-refractivity contribution < 1.29 is 9.59 Å². The Kier molecular flexibility index (Phi) is 5.72. The van der Waals surface area contributed by atoms with Crippen molar-refractivity contribution in [3.63, 3.8) is 0 Å². The molecule has 3 amide bonds. The Hall–Kier alpha value is -2.04. The van der Waals surface area contributed by atoms with Gasteiger partial charge in [-0.3, -0.25) is 4.79 Å². The minimum absolute atomic E-state index is 0.0432. The molecule has 1 N–H and O–H groups in total. The summed E-state index contributed by atoms with van der Waals surface area (Å²) in [5.41, 5.74) is 0.795. The van der Waals surface area contributed by atoms with Crippen molar-refractivity contribution in [2.45, 2.75) is 38.5 Å². The number of rotatable bonds is 2. The second-order valence-electron chi connectivity index (χ2n) is 6.82. The molecule has 0 spiro atoms. The highest BCUT2D eigenvalue weighted by molar-refractivity contribution is 5.90. The number of nitrogens with one attached hydrogen (secondary N) is 1. The fourth-order valence-electron chi connectivity index (χ4n) is 3.64. The normalized spacial score (nSPS) is 21.9. The van der Waals surface area contributed by atoms with E-state index >= 15 is 0 Å². The predicted molar refractivity (Wildman–Crippen MR) is 94.8 cm³/mol. The number of urea groups is 1. The molecular weight excluding hydrogens is 302 g/mol. The molecule has 2 saturated heterocycles. The molecule has 1 aromatic carbocycles. The van der Waals surface area contributed by atoms with Gasteiger partial charge >= 0.3 is 6.03 Å². The molecule has 1 aromatic rings. The number of piperidine rings is 1. The highest BCUT2D eigenvalue weighted by Gasteiger charge is 2.31. The summed E-state index contributed by atoms with van der Waals surface area (Å²) in [7, 11) is 0. The first-order valence-corrected chi connectivity index (χ1v) is 9.14. The maximum atomic E-state index is 12.8. The van der Waals surface area contributed by atoms with Crippen LogP contribution in [0.4, 0.5) is 10.5 Å². The largest absolute Gasteiger partial charge is 0.342 e. The molecule has 2 aliphatic rings. The molecule has 5 heteroatoms. The van der Waals surface area contributed by atoms with Crippen molar-refractivity contribution in [2.75, 3.05) is 31.5 Å². The van der Waals surface area contributed by atoms with E-state index < -0.39 is 0 Å². The van der Waals surface area contributed by atoms with E-state index in [4.69, 9.17) is 0 Å². The number of hydrogen-bond acceptors (Lipinski definition) is 2. The van der Waals surface area contributed by atoms with E-state index in [2.05, 4.69) is 5.32 Å². The summed E-state index contributed by atoms with van der Waals surface area (Å²) in [5.74, 6) is 0.201. The average Bonchev–Trinajstić information content (AvgIpc) is 2.91. The summed E-state index contributed by atoms with van der Waals surface area (Å²) < 4.78 is 0. The van der Waals surface area contributed by atoms with Crippen LogP contribution in [0.3, 0.4) is 0 Å². The summed E-state index contributed by atoms with van der Waals surface area (Å²) >= 11 is 0. The summed E-state index contributed by atoms with van der Waals surface area (Å²) in [6.07, 6.45) is 6.45. The van der Waals surface area contributed by atoms with Crippen LogP contribution >= 0.6 is 0 Å². The van der Waals surface area contributed by atoms with Gasteiger partial charge < -0.3 is 15.1 Å². The molecule has 5 nitrogen and oxygen atoms in total. The molecule has 0 radical (unpaired) electrons. The van der Waals surface area contributed by atoms with Crippen molar-refractivity contribution in [1.82, 2.24) is 9.80 Å². The van der Waals surface area contributed by atoms with E-state index in [0.717, 1.165) is 51.0 Å². The van der Waals surface area contributed by atoms with E-state index in [1.54, 1.807) is 4.90 Å². The van der Waals surface area contributed by atoms with Crippen LogP contribution in [0, 0.1) is 5.92 Å². The second-order valence-corrected chi connectivity index (χ2v) is 6.82. The molecule has 130 valence electrons. The smallest absolute Gasteiger partial charge is 0.321 e. The maximum absolute atomic E-state index is 12.8. The lowest BCUT2D eigenvalue weighted by atomic mass is 9.96. The Balaban J connectivity index is 1.57. The molecule has 1 atom stereocenters. The van der Waals surface area contributed by atoms with Gasteiger partial charge in [0.1, 0.15) is 0 Å². The fourth-order valence-corrected chi connectivity index (χ4v) is 3.64. The van der Waals surface area contributed by atoms with Crippen LogP contribution in [0.1, 0.15) is 38.5 Å². The van der Waals surface area contributed by atoms with Gasteiger partial charge in [-0.05, 0) is 37.8 Å². The van der Waals surface area contributed by atoms with Crippen molar-refractivity contribution in [3.05, 3.63) is 30.3 Å². The first-order valence-electron chi connectivity index (χ1n) is 9.14. The molecule has 1 unspecified atom stereocenters. The first kappa shape index (κ1) is 16.8. The predicted octanol–water partition coefficient (Wildman–Crippen LogP) is 3.33. The Morgan fingerprint density at radius 2 is 1.54 bits per heavy atom. The summed E-state index contributed by atoms with van der Waals surface area (Å²) in [5, 5.41) is 2.92. The lowest BCUT2D eigenvalue weighted by Gasteiger charge is -2.34. The van der Waals surface area contributed by atoms with Crippen LogP contribution in [-0.4, -0.2) is 47.9 Å². The van der Waals surface area contributed by atoms with Gasteiger partial charge in [0.15, 0.2) is 0 Å². The van der Waals surface area contributed by atoms with Gasteiger partial charge in [0.2, 0.25) is 5.91 Å². The van der Waals surface area contributed by atoms with E-state index in [1.165, 1.54) is 12.8 Å². The molecule has 0 aromatic heterocycles. The minimum atomic E-state index is -0.102. The number of benzene rings is 1. The number of carbonyl (C=O) groups is 2. The minimum Gasteiger partial charge on any atom is -0.342 e. The lowest BCUT2D eigenvalue weighted by molar-refractivity contribution is -0.136. The molecule has 0 bridgehead atoms. The molecule has 24 heavy (non-hydrogen) atoms. The van der Waals surface area contributed by atoms with E-state index in [-0.39, 0.29) is 17.9 Å². The molecule has 3 rings (SSSR count). The van der Waals surface area contributed by atoms with Crippen molar-refractivity contribution >= 4 is 17.6 Å². The molecule has 2 aliphatic heterocycles. The third-order valence-electron chi connectivity index (χ3n) is 5.00. The van der Waals surface area contributed by atoms with Gasteiger partial charge in [-0.15, -0.1) is 0 Å². The maximum Gasteiger partial charge on any atom is 0.321 e. The third kappa shape index (κ3) is 4.28. The molecular formula is C19H27N3O2. The highest BCUT2D eigenvalue weighted by atomic mass is 16.2. The van der Waals surface area contributed by atoms with Gasteiger partial charge in [0.05, 0.1) is 5.92 Å². The highest BCUT2D eigenvalue weighted by Crippen LogP contribution is 2.21. The zero-order chi connectivity index (χ0) is 16.8. The number of likely N-dealkylation sites (tertiary alicyclic amines) is 2. The Bertz CT molecular complexity index is 553. The van der Waals surface area contributed by atoms with Gasteiger partial charge in [0.25, 0.3) is 0 Å². The Morgan fingerprint density at radius 3 is 2.25 bits per heavy atom. The van der Waals surface area contributed by atoms with Gasteiger partial charge in [0, 0.05) is 31.9 Å². The molecule has 2 heterocycles. The van der Waals surface area contributed by atoms with Crippen LogP contribution in [0.5, 0.6) is 0 Å². The number of amides is 3. The van der Waals surface area contributed by atoms with E-state index in [1.807, 2.05) is 35.2 Å². The van der Waals surface area contributed by atoms with Crippen LogP contribution in [0.25, 0.3) is 0 Å². The number of nitrogens with zero attached hydrogens (tertiary/aromatic N) is 2. The quantitative estimate of drug-likeness (QED) is 0.905. The Labute approximate surface area is 144 Å².